The van der Waals surface area contributed by atoms with E-state index in [0.29, 0.717) is 31.0 Å². The summed E-state index contributed by atoms with van der Waals surface area (Å²) in [7, 11) is 2.66. The largest absolute Gasteiger partial charge is 0.493 e. The van der Waals surface area contributed by atoms with Crippen LogP contribution in [0.4, 0.5) is 24.5 Å². The normalized spacial score (nSPS) is 16.5. The molecule has 3 aromatic rings. The Bertz CT molecular complexity index is 1380. The maximum absolute atomic E-state index is 13.6. The van der Waals surface area contributed by atoms with E-state index >= 15 is 0 Å². The third-order valence-electron chi connectivity index (χ3n) is 5.74. The van der Waals surface area contributed by atoms with Crippen molar-refractivity contribution in [1.29, 1.82) is 0 Å². The molecule has 1 aliphatic rings. The highest BCUT2D eigenvalue weighted by molar-refractivity contribution is 7.88. The second-order valence-electron chi connectivity index (χ2n) is 8.48. The lowest BCUT2D eigenvalue weighted by Crippen LogP contribution is -2.23. The maximum Gasteiger partial charge on any atom is 0.419 e. The molecule has 1 fully saturated rings. The summed E-state index contributed by atoms with van der Waals surface area (Å²) in [6.45, 7) is 1.17. The first kappa shape index (κ1) is 28.4. The Morgan fingerprint density at radius 2 is 1.85 bits per heavy atom. The van der Waals surface area contributed by atoms with Gasteiger partial charge in [0.1, 0.15) is 21.8 Å². The number of methoxy groups -OCH3 is 2. The molecule has 0 bridgehead atoms. The van der Waals surface area contributed by atoms with Gasteiger partial charge in [-0.15, -0.1) is 0 Å². The lowest BCUT2D eigenvalue weighted by atomic mass is 10.1. The summed E-state index contributed by atoms with van der Waals surface area (Å²) in [5.74, 6) is 0.588. The molecule has 39 heavy (non-hydrogen) atoms. The van der Waals surface area contributed by atoms with Gasteiger partial charge in [0.2, 0.25) is 0 Å². The van der Waals surface area contributed by atoms with Crippen LogP contribution in [0.5, 0.6) is 28.1 Å². The van der Waals surface area contributed by atoms with Gasteiger partial charge in [-0.3, -0.25) is 10.1 Å². The van der Waals surface area contributed by atoms with Crippen molar-refractivity contribution in [3.05, 3.63) is 58.1 Å². The molecule has 1 N–H and O–H groups in total. The Balaban J connectivity index is 1.57. The van der Waals surface area contributed by atoms with Crippen molar-refractivity contribution in [1.82, 2.24) is 4.90 Å². The second kappa shape index (κ2) is 11.7. The molecule has 1 aliphatic heterocycles. The number of thiophene rings is 1. The summed E-state index contributed by atoms with van der Waals surface area (Å²) in [5, 5.41) is 11.5. The highest BCUT2D eigenvalue weighted by atomic mass is 32.2. The fourth-order valence-electron chi connectivity index (χ4n) is 3.87. The Hall–Kier alpha value is -3.56. The van der Waals surface area contributed by atoms with Crippen LogP contribution in [-0.4, -0.2) is 54.5 Å². The number of halogens is 3. The molecular weight excluding hydrogens is 563 g/mol. The highest BCUT2D eigenvalue weighted by Gasteiger charge is 2.36. The minimum absolute atomic E-state index is 0.0250. The van der Waals surface area contributed by atoms with E-state index in [9.17, 15) is 27.5 Å². The van der Waals surface area contributed by atoms with Crippen LogP contribution in [-0.2, 0) is 17.2 Å². The minimum atomic E-state index is -4.65. The molecule has 0 radical (unpaired) electrons. The van der Waals surface area contributed by atoms with E-state index in [1.165, 1.54) is 26.4 Å². The lowest BCUT2D eigenvalue weighted by molar-refractivity contribution is -0.385. The molecule has 1 unspecified atom stereocenters. The molecule has 0 spiro atoms. The van der Waals surface area contributed by atoms with Gasteiger partial charge in [-0.25, -0.2) is 4.21 Å². The van der Waals surface area contributed by atoms with Crippen LogP contribution in [0, 0.1) is 10.1 Å². The van der Waals surface area contributed by atoms with Crippen LogP contribution in [0.2, 0.25) is 0 Å². The fraction of sp³-hybridized carbons (Fsp3) is 0.333. The monoisotopic (exact) mass is 587 g/mol. The van der Waals surface area contributed by atoms with Crippen molar-refractivity contribution in [2.75, 3.05) is 39.1 Å². The molecule has 2 atom stereocenters. The van der Waals surface area contributed by atoms with E-state index in [0.717, 1.165) is 35.6 Å². The van der Waals surface area contributed by atoms with Gasteiger partial charge in [0, 0.05) is 31.3 Å². The molecule has 1 aromatic heterocycles. The minimum Gasteiger partial charge on any atom is -0.493 e. The number of hydrogen-bond donors (Lipinski definition) is 1. The van der Waals surface area contributed by atoms with Gasteiger partial charge in [-0.1, -0.05) is 11.3 Å². The molecule has 15 heteroatoms. The summed E-state index contributed by atoms with van der Waals surface area (Å²) in [5.41, 5.74) is -1.30. The van der Waals surface area contributed by atoms with Gasteiger partial charge < -0.3 is 28.6 Å². The number of nitrogens with zero attached hydrogens (tertiary/aromatic N) is 2. The Kier molecular flexibility index (Phi) is 8.51. The molecule has 0 saturated carbocycles. The molecule has 10 nitrogen and oxygen atoms in total. The predicted octanol–water partition coefficient (Wildman–Crippen LogP) is 5.70. The molecule has 2 heterocycles. The predicted molar refractivity (Wildman–Crippen MR) is 139 cm³/mol. The number of alkyl halides is 3. The number of nitrogens with one attached hydrogen (secondary N) is 1. The molecule has 210 valence electrons. The van der Waals surface area contributed by atoms with E-state index < -0.39 is 39.4 Å². The van der Waals surface area contributed by atoms with E-state index in [-0.39, 0.29) is 26.5 Å². The zero-order chi connectivity index (χ0) is 28.3. The van der Waals surface area contributed by atoms with Crippen molar-refractivity contribution < 1.29 is 41.3 Å². The van der Waals surface area contributed by atoms with Crippen molar-refractivity contribution in [2.45, 2.75) is 22.9 Å². The Morgan fingerprint density at radius 3 is 2.46 bits per heavy atom. The van der Waals surface area contributed by atoms with Gasteiger partial charge in [0.05, 0.1) is 30.4 Å². The van der Waals surface area contributed by atoms with Crippen LogP contribution in [0.3, 0.4) is 0 Å². The van der Waals surface area contributed by atoms with E-state index in [2.05, 4.69) is 4.72 Å². The van der Waals surface area contributed by atoms with Crippen LogP contribution < -0.4 is 23.7 Å². The molecule has 4 rings (SSSR count). The average Bonchev–Trinajstić information content (AvgIpc) is 3.49. The summed E-state index contributed by atoms with van der Waals surface area (Å²) in [6.07, 6.45) is -4.51. The lowest BCUT2D eigenvalue weighted by Gasteiger charge is -2.19. The van der Waals surface area contributed by atoms with Crippen molar-refractivity contribution in [3.63, 3.8) is 0 Å². The topological polar surface area (TPSA) is 112 Å². The zero-order valence-electron chi connectivity index (χ0n) is 20.9. The molecule has 0 aliphatic carbocycles. The SMILES string of the molecule is COc1ccc(Oc2sc(S(=O)Nc3ccc(C(F)(F)F)c(O[C@@H]4CCN(C)C4)c3)cc2[N+](=O)[O-])cc1OC. The average molecular weight is 588 g/mol. The number of likely N-dealkylation sites (tertiary alicyclic amines) is 1. The van der Waals surface area contributed by atoms with Crippen LogP contribution in [0.1, 0.15) is 12.0 Å². The quantitative estimate of drug-likeness (QED) is 0.237. The van der Waals surface area contributed by atoms with E-state index in [4.69, 9.17) is 18.9 Å². The summed E-state index contributed by atoms with van der Waals surface area (Å²) >= 11 is 0.756. The summed E-state index contributed by atoms with van der Waals surface area (Å²) in [4.78, 5) is 12.9. The number of likely N-dealkylation sites (N-methyl/N-ethyl adjacent to an activating group) is 1. The first-order valence-electron chi connectivity index (χ1n) is 11.4. The number of benzene rings is 2. The van der Waals surface area contributed by atoms with Gasteiger partial charge in [-0.2, -0.15) is 13.2 Å². The molecule has 0 amide bonds. The van der Waals surface area contributed by atoms with Gasteiger partial charge in [-0.05, 0) is 37.7 Å². The van der Waals surface area contributed by atoms with E-state index in [1.807, 2.05) is 11.9 Å². The number of hydrogen-bond acceptors (Lipinski definition) is 9. The second-order valence-corrected chi connectivity index (χ2v) is 10.9. The van der Waals surface area contributed by atoms with Crippen LogP contribution in [0.25, 0.3) is 0 Å². The van der Waals surface area contributed by atoms with Crippen LogP contribution >= 0.6 is 11.3 Å². The van der Waals surface area contributed by atoms with E-state index in [1.54, 1.807) is 6.07 Å². The molecule has 1 saturated heterocycles. The third kappa shape index (κ3) is 6.72. The highest BCUT2D eigenvalue weighted by Crippen LogP contribution is 2.43. The van der Waals surface area contributed by atoms with Crippen molar-refractivity contribution in [2.24, 2.45) is 0 Å². The maximum atomic E-state index is 13.6. The summed E-state index contributed by atoms with van der Waals surface area (Å²) in [6, 6.07) is 8.73. The number of rotatable bonds is 10. The molecular formula is C24H24F3N3O7S2. The first-order valence-corrected chi connectivity index (χ1v) is 13.4. The van der Waals surface area contributed by atoms with Gasteiger partial charge in [0.15, 0.2) is 22.5 Å². The first-order chi connectivity index (χ1) is 18.5. The summed E-state index contributed by atoms with van der Waals surface area (Å²) < 4.78 is 78.1. The van der Waals surface area contributed by atoms with Gasteiger partial charge >= 0.3 is 11.9 Å². The number of anilines is 1. The Morgan fingerprint density at radius 1 is 1.10 bits per heavy atom. The fourth-order valence-corrected chi connectivity index (χ4v) is 5.91. The van der Waals surface area contributed by atoms with Crippen molar-refractivity contribution >= 4 is 33.7 Å². The standard InChI is InChI=1S/C24H24F3N3O7S2/c1-29-9-8-16(13-29)36-20-10-14(4-6-17(20)24(25,26)27)28-39(33)22-12-18(30(31)32)23(38-22)37-15-5-7-19(34-2)21(11-15)35-3/h4-7,10-12,16,28H,8-9,13H2,1-3H3/t16-,39?/m1/s1. The van der Waals surface area contributed by atoms with Crippen molar-refractivity contribution in [3.8, 4) is 28.1 Å². The zero-order valence-corrected chi connectivity index (χ0v) is 22.6. The Labute approximate surface area is 228 Å². The smallest absolute Gasteiger partial charge is 0.419 e. The molecule has 2 aromatic carbocycles. The van der Waals surface area contributed by atoms with Gasteiger partial charge in [0.25, 0.3) is 5.06 Å². The number of ether oxygens (including phenoxy) is 4. The number of nitro groups is 1. The van der Waals surface area contributed by atoms with Crippen LogP contribution in [0.15, 0.2) is 46.7 Å². The third-order valence-corrected chi connectivity index (χ3v) is 8.15.